The third kappa shape index (κ3) is 51.6. The number of aliphatic hydroxyl groups excluding tert-OH is 4. The number of epoxide rings is 1. The third-order valence-corrected chi connectivity index (χ3v) is 26.1. The number of nitrogens with one attached hydrogen (secondary N) is 5. The monoisotopic (exact) mass is 2270 g/mol. The van der Waals surface area contributed by atoms with E-state index in [0.717, 1.165) is 51.7 Å². The number of ether oxygens (including phenoxy) is 5. The summed E-state index contributed by atoms with van der Waals surface area (Å²) in [6.45, 7) is 39.0. The maximum absolute atomic E-state index is 13.4. The van der Waals surface area contributed by atoms with Gasteiger partial charge in [-0.05, 0) is 234 Å². The van der Waals surface area contributed by atoms with E-state index in [2.05, 4.69) is 77.7 Å². The molecule has 0 aromatic heterocycles. The summed E-state index contributed by atoms with van der Waals surface area (Å²) in [6.07, 6.45) is -4.01. The van der Waals surface area contributed by atoms with Gasteiger partial charge in [-0.25, -0.2) is 44.4 Å². The third-order valence-electron chi connectivity index (χ3n) is 20.5. The molecule has 0 aliphatic carbocycles. The van der Waals surface area contributed by atoms with Gasteiger partial charge in [0.15, 0.2) is 0 Å². The van der Waals surface area contributed by atoms with Gasteiger partial charge >= 0.3 is 24.4 Å². The van der Waals surface area contributed by atoms with Crippen LogP contribution in [0.5, 0.6) is 0 Å². The quantitative estimate of drug-likeness (QED) is 0.00422. The lowest BCUT2D eigenvalue weighted by Crippen LogP contribution is -2.51. The number of anilines is 2. The summed E-state index contributed by atoms with van der Waals surface area (Å²) in [7, 11) is -11.7. The van der Waals surface area contributed by atoms with Crippen molar-refractivity contribution in [1.82, 2.24) is 39.5 Å². The second-order valence-electron chi connectivity index (χ2n) is 40.4. The van der Waals surface area contributed by atoms with Crippen molar-refractivity contribution in [3.05, 3.63) is 262 Å². The zero-order chi connectivity index (χ0) is 107. The maximum Gasteiger partial charge on any atom is 0.407 e. The van der Waals surface area contributed by atoms with E-state index >= 15 is 0 Å². The largest absolute Gasteiger partial charge is 0.444 e. The first kappa shape index (κ1) is 128. The van der Waals surface area contributed by atoms with Crippen LogP contribution >= 0.6 is 37.2 Å². The minimum atomic E-state index is -4.09. The number of nitrogens with zero attached hydrogens (tertiary/aromatic N) is 4. The van der Waals surface area contributed by atoms with Crippen molar-refractivity contribution >= 4 is 109 Å². The Morgan fingerprint density at radius 2 is 0.643 bits per heavy atom. The lowest BCUT2D eigenvalue weighted by molar-refractivity contribution is -0.384. The number of aliphatic hydroxyl groups is 4. The zero-order valence-corrected chi connectivity index (χ0v) is 92.3. The summed E-state index contributed by atoms with van der Waals surface area (Å²) >= 11 is 4.24. The number of nitro benzene ring substituents is 1. The summed E-state index contributed by atoms with van der Waals surface area (Å²) in [5, 5.41) is 68.7. The van der Waals surface area contributed by atoms with Gasteiger partial charge in [0.05, 0.1) is 74.8 Å². The molecule has 0 saturated carbocycles. The topological polar surface area (TPSA) is 492 Å². The number of hydrogen-bond acceptors (Lipinski definition) is 25. The van der Waals surface area contributed by atoms with E-state index in [0.29, 0.717) is 56.3 Å². The van der Waals surface area contributed by atoms with Crippen LogP contribution in [0, 0.1) is 33.8 Å². The minimum Gasteiger partial charge on any atom is -0.444 e. The molecule has 0 radical (unpaired) electrons. The molecule has 15 N–H and O–H groups in total. The van der Waals surface area contributed by atoms with Crippen molar-refractivity contribution < 1.29 is 93.5 Å². The Labute approximate surface area is 873 Å². The van der Waals surface area contributed by atoms with E-state index in [9.17, 15) is 75.0 Å². The highest BCUT2D eigenvalue weighted by Gasteiger charge is 2.39. The lowest BCUT2D eigenvalue weighted by atomic mass is 10.0. The highest BCUT2D eigenvalue weighted by atomic mass is 128. The fourth-order valence-electron chi connectivity index (χ4n) is 13.9. The van der Waals surface area contributed by atoms with Crippen LogP contribution in [0.4, 0.5) is 36.2 Å². The van der Waals surface area contributed by atoms with Crippen LogP contribution in [0.1, 0.15) is 174 Å². The number of amides is 4. The van der Waals surface area contributed by atoms with Crippen molar-refractivity contribution in [1.29, 1.82) is 0 Å². The van der Waals surface area contributed by atoms with Crippen LogP contribution in [-0.2, 0) is 85.9 Å². The Balaban J connectivity index is 0.000000463. The molecule has 796 valence electrons. The normalized spacial score (nSPS) is 14.6. The number of hydrogen-bond donors (Lipinski definition) is 12. The number of nitrogen functional groups attached to an aromatic ring is 2. The van der Waals surface area contributed by atoms with Gasteiger partial charge in [0.2, 0.25) is 30.1 Å². The number of halogens is 2. The number of non-ortho nitro benzene ring substituents is 1. The first-order valence-corrected chi connectivity index (χ1v) is 58.0. The molecule has 1 aliphatic rings. The summed E-state index contributed by atoms with van der Waals surface area (Å²) < 4.78 is 110. The Morgan fingerprint density at radius 1 is 0.392 bits per heavy atom. The predicted octanol–water partition coefficient (Wildman–Crippen LogP) is 16.7. The van der Waals surface area contributed by atoms with Crippen LogP contribution in [-0.4, -0.2) is 230 Å². The Hall–Kier alpha value is -9.25. The average Bonchev–Trinajstić information content (AvgIpc) is 1.28. The molecule has 9 rings (SSSR count). The summed E-state index contributed by atoms with van der Waals surface area (Å²) in [6, 6.07) is 62.0. The molecule has 0 bridgehead atoms. The fourth-order valence-corrected chi connectivity index (χ4v) is 18.8. The number of carbonyl (C=O) groups is 4. The highest BCUT2D eigenvalue weighted by molar-refractivity contribution is 15.0. The number of benzene rings is 8. The van der Waals surface area contributed by atoms with E-state index in [1.54, 1.807) is 53.7 Å². The number of carbonyl (C=O) groups excluding carboxylic acids is 4. The molecular weight excluding hydrogens is 2120 g/mol. The Bertz CT molecular complexity index is 5370. The van der Waals surface area contributed by atoms with E-state index < -0.39 is 124 Å². The van der Waals surface area contributed by atoms with Gasteiger partial charge in [-0.2, -0.15) is 12.9 Å². The second-order valence-corrected chi connectivity index (χ2v) is 46.2. The van der Waals surface area contributed by atoms with Gasteiger partial charge < -0.3 is 87.9 Å². The van der Waals surface area contributed by atoms with Crippen LogP contribution in [0.3, 0.4) is 0 Å². The molecule has 4 amide bonds. The average molecular weight is 2270 g/mol. The first-order valence-electron chi connectivity index (χ1n) is 47.4. The molecule has 33 nitrogen and oxygen atoms in total. The van der Waals surface area contributed by atoms with Gasteiger partial charge in [0.1, 0.15) is 28.5 Å². The molecule has 10 atom stereocenters. The van der Waals surface area contributed by atoms with Crippen LogP contribution in [0.25, 0.3) is 0 Å². The van der Waals surface area contributed by atoms with E-state index in [1.807, 2.05) is 235 Å². The lowest BCUT2D eigenvalue weighted by Gasteiger charge is -2.31. The number of rotatable bonds is 42. The second kappa shape index (κ2) is 62.0. The molecule has 143 heavy (non-hydrogen) atoms. The van der Waals surface area contributed by atoms with Crippen LogP contribution in [0.2, 0.25) is 0 Å². The van der Waals surface area contributed by atoms with Gasteiger partial charge in [0.25, 0.3) is 5.69 Å². The first-order chi connectivity index (χ1) is 66.3. The SMILES string of the molecule is C.CC(C)(C)OC(=O)N[C@@H](Cc1ccccc1)[C@@H]1CO1.CC(C)CN(C[C@@H](O)[C@@H](N)Cc1ccccc1)S(=O)(=O)c1ccc(N)cc1.CC(C)CN(C[C@@H](O)[C@H](Cc1ccccc1)NC(=O)OC(C)(C)C)S(=O)(=O)c1ccc(N)cc1.CC(C)CN(C[C@@H](O)[C@H](Cc1ccccc1)NC(=O)OC(C)(C)C)S(=O)(=O)c1ccc([N+](=O)[O-])cc1.CC(C)CNC[C@@H](O)[C@H](Cc1ccccc1)NC(=O)OC(C)(C)C.II. The van der Waals surface area contributed by atoms with Gasteiger partial charge in [-0.3, -0.25) is 10.1 Å². The Kier molecular flexibility index (Phi) is 55.5. The molecule has 0 spiro atoms. The maximum atomic E-state index is 13.4. The molecule has 38 heteroatoms. The van der Waals surface area contributed by atoms with Gasteiger partial charge in [0, 0.05) is 113 Å². The minimum absolute atomic E-state index is 0. The standard InChI is InChI=1S/C25H35N3O7S.C25H37N3O5S.C20H29N3O3S.C19H32N2O3.C15H21NO3.CH4.I2/c1-18(2)16-27(36(33,34)21-13-11-20(12-14-21)28(31)32)17-23(29)22(15-19-9-7-6-8-10-19)26-24(30)35-25(3,4)5;1-18(2)16-28(34(31,32)21-13-11-20(26)12-14-21)17-23(29)22(15-19-9-7-6-8-10-19)27-24(30)33-25(3,4)5;1-15(2)13-23(27(25,26)18-10-8-17(21)9-11-18)14-20(24)19(22)12-16-6-4-3-5-7-16;1-14(2)12-20-13-17(22)16(11-15-9-7-6-8-10-15)21-18(23)24-19(3,4)5;1-15(2,3)19-14(17)16-12(13-10-18-13)9-11-7-5-4-6-8-11;;1-2/h6-14,18,22-23,29H,15-17H2,1-5H3,(H,26,30);6-14,18,22-23,29H,15-17,26H2,1-5H3,(H,27,30);3-11,15,19-20,24H,12-14,21-22H2,1-2H3;6-10,14,16-17,20,22H,11-13H2,1-5H3,(H,21,23);4-8,12-13H,9-10H2,1-3H3,(H,16,17);1H4;/t2*22-,23+;19-,20+;16-,17+;12-,13-;;/m00000../s1. The smallest absolute Gasteiger partial charge is 0.407 e. The van der Waals surface area contributed by atoms with Crippen molar-refractivity contribution in [2.45, 2.75) is 276 Å². The molecule has 8 aromatic rings. The number of sulfonamides is 3. The molecule has 0 unspecified atom stereocenters. The Morgan fingerprint density at radius 3 is 0.902 bits per heavy atom. The highest BCUT2D eigenvalue weighted by Crippen LogP contribution is 2.28. The van der Waals surface area contributed by atoms with E-state index in [-0.39, 0.29) is 103 Å². The summed E-state index contributed by atoms with van der Waals surface area (Å²) in [5.41, 5.74) is 20.7. The molecule has 1 heterocycles. The van der Waals surface area contributed by atoms with E-state index in [4.69, 9.17) is 40.9 Å². The molecule has 8 aromatic carbocycles. The molecule has 1 aliphatic heterocycles. The van der Waals surface area contributed by atoms with Crippen molar-refractivity contribution in [2.24, 2.45) is 29.4 Å². The van der Waals surface area contributed by atoms with Gasteiger partial charge in [-0.15, -0.1) is 0 Å². The van der Waals surface area contributed by atoms with Crippen molar-refractivity contribution in [3.8, 4) is 0 Å². The number of nitro groups is 1. The molecule has 1 saturated heterocycles. The van der Waals surface area contributed by atoms with Crippen molar-refractivity contribution in [3.63, 3.8) is 0 Å². The van der Waals surface area contributed by atoms with Crippen LogP contribution in [0.15, 0.2) is 239 Å². The number of alkyl carbamates (subject to hydrolysis) is 4. The van der Waals surface area contributed by atoms with E-state index in [1.165, 1.54) is 62.7 Å². The summed E-state index contributed by atoms with van der Waals surface area (Å²) in [4.78, 5) is 59.3. The van der Waals surface area contributed by atoms with Crippen molar-refractivity contribution in [2.75, 3.05) is 70.4 Å². The fraction of sp³-hybridized carbons (Fsp3) is 0.505. The molecular formula is C105H158I2N12O21S3. The van der Waals surface area contributed by atoms with Crippen LogP contribution < -0.4 is 43.8 Å². The zero-order valence-electron chi connectivity index (χ0n) is 85.6. The van der Waals surface area contributed by atoms with Gasteiger partial charge in [-0.1, -0.05) is 214 Å². The molecule has 1 fully saturated rings. The number of nitrogens with two attached hydrogens (primary N) is 3. The summed E-state index contributed by atoms with van der Waals surface area (Å²) in [5.74, 6) is 0.549. The predicted molar refractivity (Wildman–Crippen MR) is 583 cm³/mol.